The maximum Gasteiger partial charge on any atom is 0.331 e. The zero-order valence-electron chi connectivity index (χ0n) is 11.5. The lowest BCUT2D eigenvalue weighted by molar-refractivity contribution is -0.135. The lowest BCUT2D eigenvalue weighted by Gasteiger charge is -1.99. The first kappa shape index (κ1) is 17.3. The number of amides is 1. The van der Waals surface area contributed by atoms with Crippen LogP contribution in [0.1, 0.15) is 5.56 Å². The third kappa shape index (κ3) is 4.45. The highest BCUT2D eigenvalue weighted by Crippen LogP contribution is 2.23. The highest BCUT2D eigenvalue weighted by molar-refractivity contribution is 9.10. The number of esters is 1. The molecule has 0 spiro atoms. The zero-order valence-corrected chi connectivity index (χ0v) is 13.9. The fraction of sp³-hybridized carbons (Fsp3) is 0.0769. The van der Waals surface area contributed by atoms with Gasteiger partial charge in [0.15, 0.2) is 5.17 Å². The van der Waals surface area contributed by atoms with E-state index in [0.717, 1.165) is 36.2 Å². The lowest BCUT2D eigenvalue weighted by Crippen LogP contribution is -2.19. The van der Waals surface area contributed by atoms with E-state index in [1.54, 1.807) is 0 Å². The first-order valence-electron chi connectivity index (χ1n) is 5.95. The minimum absolute atomic E-state index is 0.0688. The number of hydrogen-bond donors (Lipinski definition) is 1. The van der Waals surface area contributed by atoms with Crippen molar-refractivity contribution in [2.24, 2.45) is 10.2 Å². The fourth-order valence-electron chi connectivity index (χ4n) is 1.46. The van der Waals surface area contributed by atoms with Crippen LogP contribution in [0.3, 0.4) is 0 Å². The van der Waals surface area contributed by atoms with Gasteiger partial charge in [-0.1, -0.05) is 15.9 Å². The van der Waals surface area contributed by atoms with Gasteiger partial charge in [-0.3, -0.25) is 10.1 Å². The second-order valence-electron chi connectivity index (χ2n) is 4.02. The third-order valence-corrected chi connectivity index (χ3v) is 3.84. The van der Waals surface area contributed by atoms with Crippen LogP contribution in [0.5, 0.6) is 0 Å². The van der Waals surface area contributed by atoms with E-state index in [1.807, 2.05) is 0 Å². The van der Waals surface area contributed by atoms with E-state index in [0.29, 0.717) is 0 Å². The SMILES string of the molecule is COC(=O)/C=C1/S/C(=N\N=Cc2c(F)cc(Br)cc2F)NC1=O. The van der Waals surface area contributed by atoms with Gasteiger partial charge in [0.1, 0.15) is 11.6 Å². The van der Waals surface area contributed by atoms with Gasteiger partial charge >= 0.3 is 5.97 Å². The van der Waals surface area contributed by atoms with Crippen molar-refractivity contribution in [1.82, 2.24) is 5.32 Å². The second-order valence-corrected chi connectivity index (χ2v) is 5.97. The van der Waals surface area contributed by atoms with Crippen molar-refractivity contribution in [2.45, 2.75) is 0 Å². The van der Waals surface area contributed by atoms with Crippen LogP contribution in [0.4, 0.5) is 8.78 Å². The summed E-state index contributed by atoms with van der Waals surface area (Å²) in [5.74, 6) is -2.85. The van der Waals surface area contributed by atoms with Crippen molar-refractivity contribution in [3.8, 4) is 0 Å². The number of amidine groups is 1. The van der Waals surface area contributed by atoms with Gasteiger partial charge in [0.2, 0.25) is 0 Å². The molecule has 0 aromatic heterocycles. The Morgan fingerprint density at radius 3 is 2.65 bits per heavy atom. The van der Waals surface area contributed by atoms with E-state index in [4.69, 9.17) is 0 Å². The highest BCUT2D eigenvalue weighted by atomic mass is 79.9. The molecule has 1 saturated heterocycles. The van der Waals surface area contributed by atoms with Crippen LogP contribution in [-0.2, 0) is 14.3 Å². The summed E-state index contributed by atoms with van der Waals surface area (Å²) in [5.41, 5.74) is -0.364. The van der Waals surface area contributed by atoms with Crippen LogP contribution in [0.2, 0.25) is 0 Å². The predicted octanol–water partition coefficient (Wildman–Crippen LogP) is 2.34. The molecule has 1 aliphatic rings. The first-order chi connectivity index (χ1) is 10.9. The standard InChI is InChI=1S/C13H8BrF2N3O3S/c1-22-11(20)4-10-12(21)18-13(23-10)19-17-5-7-8(15)2-6(14)3-9(7)16/h2-5H,1H3,(H,18,19,21)/b10-4+,17-5?. The van der Waals surface area contributed by atoms with Crippen LogP contribution in [0, 0.1) is 11.6 Å². The topological polar surface area (TPSA) is 80.1 Å². The number of ether oxygens (including phenoxy) is 1. The number of halogens is 3. The number of nitrogens with one attached hydrogen (secondary N) is 1. The van der Waals surface area contributed by atoms with Crippen LogP contribution in [0.25, 0.3) is 0 Å². The minimum Gasteiger partial charge on any atom is -0.466 e. The highest BCUT2D eigenvalue weighted by Gasteiger charge is 2.25. The van der Waals surface area contributed by atoms with E-state index >= 15 is 0 Å². The molecule has 1 aliphatic heterocycles. The Balaban J connectivity index is 2.14. The molecule has 2 rings (SSSR count). The predicted molar refractivity (Wildman–Crippen MR) is 84.9 cm³/mol. The van der Waals surface area contributed by atoms with E-state index in [1.165, 1.54) is 7.11 Å². The summed E-state index contributed by atoms with van der Waals surface area (Å²) in [5, 5.41) is 9.58. The summed E-state index contributed by atoms with van der Waals surface area (Å²) in [4.78, 5) is 22.7. The quantitative estimate of drug-likeness (QED) is 0.363. The van der Waals surface area contributed by atoms with Gasteiger partial charge in [-0.05, 0) is 23.9 Å². The normalized spacial score (nSPS) is 18.0. The molecule has 0 unspecified atom stereocenters. The number of thioether (sulfide) groups is 1. The Morgan fingerprint density at radius 1 is 1.39 bits per heavy atom. The lowest BCUT2D eigenvalue weighted by atomic mass is 10.2. The van der Waals surface area contributed by atoms with Gasteiger partial charge in [-0.2, -0.15) is 5.10 Å². The van der Waals surface area contributed by atoms with Gasteiger partial charge in [0.25, 0.3) is 5.91 Å². The van der Waals surface area contributed by atoms with Crippen molar-refractivity contribution < 1.29 is 23.1 Å². The number of nitrogens with zero attached hydrogens (tertiary/aromatic N) is 2. The Kier molecular flexibility index (Phi) is 5.61. The number of methoxy groups -OCH3 is 1. The maximum absolute atomic E-state index is 13.6. The molecule has 120 valence electrons. The van der Waals surface area contributed by atoms with E-state index in [-0.39, 0.29) is 20.1 Å². The molecule has 1 aromatic carbocycles. The summed E-state index contributed by atoms with van der Waals surface area (Å²) in [7, 11) is 1.18. The van der Waals surface area contributed by atoms with Crippen LogP contribution < -0.4 is 5.32 Å². The van der Waals surface area contributed by atoms with E-state index in [2.05, 4.69) is 36.2 Å². The molecule has 1 N–H and O–H groups in total. The van der Waals surface area contributed by atoms with Crippen LogP contribution >= 0.6 is 27.7 Å². The van der Waals surface area contributed by atoms with Crippen molar-refractivity contribution in [1.29, 1.82) is 0 Å². The van der Waals surface area contributed by atoms with Crippen LogP contribution in [-0.4, -0.2) is 30.4 Å². The van der Waals surface area contributed by atoms with Crippen molar-refractivity contribution in [2.75, 3.05) is 7.11 Å². The molecular formula is C13H8BrF2N3O3S. The number of carbonyl (C=O) groups excluding carboxylic acids is 2. The molecule has 1 aromatic rings. The molecule has 0 bridgehead atoms. The summed E-state index contributed by atoms with van der Waals surface area (Å²) in [6.07, 6.45) is 1.89. The molecule has 0 saturated carbocycles. The fourth-order valence-corrected chi connectivity index (χ4v) is 2.60. The molecule has 0 radical (unpaired) electrons. The van der Waals surface area contributed by atoms with Gasteiger partial charge in [-0.15, -0.1) is 5.10 Å². The number of carbonyl (C=O) groups is 2. The summed E-state index contributed by atoms with van der Waals surface area (Å²) in [6, 6.07) is 2.17. The van der Waals surface area contributed by atoms with Crippen molar-refractivity contribution in [3.05, 3.63) is 44.8 Å². The zero-order chi connectivity index (χ0) is 17.0. The van der Waals surface area contributed by atoms with E-state index in [9.17, 15) is 18.4 Å². The number of rotatable bonds is 3. The summed E-state index contributed by atoms with van der Waals surface area (Å²) >= 11 is 3.81. The Hall–Kier alpha value is -2.07. The number of hydrogen-bond acceptors (Lipinski definition) is 6. The van der Waals surface area contributed by atoms with Gasteiger partial charge in [-0.25, -0.2) is 13.6 Å². The largest absolute Gasteiger partial charge is 0.466 e. The first-order valence-corrected chi connectivity index (χ1v) is 7.56. The van der Waals surface area contributed by atoms with Gasteiger partial charge in [0, 0.05) is 10.5 Å². The molecule has 1 fully saturated rings. The Morgan fingerprint density at radius 2 is 2.04 bits per heavy atom. The van der Waals surface area contributed by atoms with Gasteiger partial charge < -0.3 is 4.74 Å². The Labute approximate surface area is 141 Å². The smallest absolute Gasteiger partial charge is 0.331 e. The molecular weight excluding hydrogens is 396 g/mol. The molecule has 23 heavy (non-hydrogen) atoms. The third-order valence-electron chi connectivity index (χ3n) is 2.48. The minimum atomic E-state index is -0.810. The molecule has 0 aliphatic carbocycles. The molecule has 6 nitrogen and oxygen atoms in total. The average Bonchev–Trinajstić information content (AvgIpc) is 2.81. The molecule has 10 heteroatoms. The van der Waals surface area contributed by atoms with Crippen molar-refractivity contribution in [3.63, 3.8) is 0 Å². The summed E-state index contributed by atoms with van der Waals surface area (Å²) in [6.45, 7) is 0. The van der Waals surface area contributed by atoms with Crippen molar-refractivity contribution >= 4 is 51.0 Å². The summed E-state index contributed by atoms with van der Waals surface area (Å²) < 4.78 is 31.8. The second kappa shape index (κ2) is 7.47. The Bertz CT molecular complexity index is 742. The average molecular weight is 404 g/mol. The van der Waals surface area contributed by atoms with E-state index < -0.39 is 23.5 Å². The molecule has 0 atom stereocenters. The van der Waals surface area contributed by atoms with Gasteiger partial charge in [0.05, 0.1) is 23.8 Å². The monoisotopic (exact) mass is 403 g/mol. The molecule has 1 amide bonds. The number of benzene rings is 1. The van der Waals surface area contributed by atoms with Crippen LogP contribution in [0.15, 0.2) is 37.8 Å². The maximum atomic E-state index is 13.6. The molecule has 1 heterocycles.